The Morgan fingerprint density at radius 3 is 2.96 bits per heavy atom. The predicted octanol–water partition coefficient (Wildman–Crippen LogP) is 4.65. The molecule has 6 heteroatoms. The van der Waals surface area contributed by atoms with Crippen molar-refractivity contribution in [2.45, 2.75) is 31.2 Å². The summed E-state index contributed by atoms with van der Waals surface area (Å²) in [6.45, 7) is 0. The summed E-state index contributed by atoms with van der Waals surface area (Å²) in [7, 11) is 0. The molecule has 130 valence electrons. The molecule has 2 atom stereocenters. The molecule has 0 radical (unpaired) electrons. The fourth-order valence-electron chi connectivity index (χ4n) is 4.11. The number of anilines is 1. The molecule has 0 aliphatic heterocycles. The molecule has 4 aromatic rings. The third kappa shape index (κ3) is 2.57. The van der Waals surface area contributed by atoms with Gasteiger partial charge in [0.1, 0.15) is 17.8 Å². The molecule has 0 amide bonds. The molecule has 1 saturated carbocycles. The van der Waals surface area contributed by atoms with Crippen LogP contribution in [0.15, 0.2) is 53.7 Å². The lowest BCUT2D eigenvalue weighted by Crippen LogP contribution is -2.05. The van der Waals surface area contributed by atoms with Crippen molar-refractivity contribution in [2.24, 2.45) is 0 Å². The molecule has 1 aliphatic carbocycles. The van der Waals surface area contributed by atoms with Gasteiger partial charge in [0.25, 0.3) is 0 Å². The van der Waals surface area contributed by atoms with Gasteiger partial charge in [-0.05, 0) is 42.9 Å². The number of rotatable bonds is 3. The van der Waals surface area contributed by atoms with Crippen LogP contribution in [0.3, 0.4) is 0 Å². The number of hydrogen-bond acceptors (Lipinski definition) is 5. The third-order valence-electron chi connectivity index (χ3n) is 5.42. The van der Waals surface area contributed by atoms with Crippen LogP contribution in [-0.4, -0.2) is 19.5 Å². The Hall–Kier alpha value is -2.73. The summed E-state index contributed by atoms with van der Waals surface area (Å²) in [6, 6.07) is 11.3. The zero-order valence-corrected chi connectivity index (χ0v) is 15.1. The first kappa shape index (κ1) is 15.5. The van der Waals surface area contributed by atoms with Crippen LogP contribution in [0.1, 0.15) is 36.8 Å². The lowest BCUT2D eigenvalue weighted by Gasteiger charge is -2.15. The fraction of sp³-hybridized carbons (Fsp3) is 0.250. The highest BCUT2D eigenvalue weighted by molar-refractivity contribution is 7.07. The van der Waals surface area contributed by atoms with Crippen LogP contribution < -0.4 is 5.73 Å². The van der Waals surface area contributed by atoms with Gasteiger partial charge < -0.3 is 10.3 Å². The molecule has 2 N–H and O–H groups in total. The second-order valence-electron chi connectivity index (χ2n) is 6.88. The summed E-state index contributed by atoms with van der Waals surface area (Å²) < 4.78 is 2.28. The number of nitrogens with zero attached hydrogens (tertiary/aromatic N) is 4. The lowest BCUT2D eigenvalue weighted by molar-refractivity contribution is 0.523. The summed E-state index contributed by atoms with van der Waals surface area (Å²) in [6.07, 6.45) is 7.12. The Kier molecular flexibility index (Phi) is 3.71. The van der Waals surface area contributed by atoms with Gasteiger partial charge in [-0.25, -0.2) is 15.0 Å². The molecule has 5 rings (SSSR count). The van der Waals surface area contributed by atoms with E-state index in [9.17, 15) is 0 Å². The summed E-state index contributed by atoms with van der Waals surface area (Å²) in [5, 5.41) is 3.05. The van der Waals surface area contributed by atoms with Gasteiger partial charge in [-0.15, -0.1) is 11.3 Å². The zero-order chi connectivity index (χ0) is 17.5. The van der Waals surface area contributed by atoms with Crippen LogP contribution in [0.25, 0.3) is 22.3 Å². The Morgan fingerprint density at radius 1 is 1.12 bits per heavy atom. The summed E-state index contributed by atoms with van der Waals surface area (Å²) in [5.41, 5.74) is 12.5. The quantitative estimate of drug-likeness (QED) is 0.577. The molecular formula is C20H19N5S. The molecule has 0 bridgehead atoms. The normalized spacial score (nSPS) is 20.0. The van der Waals surface area contributed by atoms with Gasteiger partial charge in [0.15, 0.2) is 0 Å². The van der Waals surface area contributed by atoms with E-state index in [0.29, 0.717) is 17.8 Å². The van der Waals surface area contributed by atoms with E-state index in [4.69, 9.17) is 5.73 Å². The summed E-state index contributed by atoms with van der Waals surface area (Å²) in [5.74, 6) is 1.12. The minimum absolute atomic E-state index is 0.453. The number of nitrogen functional groups attached to an aromatic ring is 1. The van der Waals surface area contributed by atoms with Crippen molar-refractivity contribution in [2.75, 3.05) is 5.73 Å². The van der Waals surface area contributed by atoms with Crippen LogP contribution in [-0.2, 0) is 0 Å². The number of aromatic nitrogens is 4. The van der Waals surface area contributed by atoms with E-state index in [1.54, 1.807) is 17.7 Å². The van der Waals surface area contributed by atoms with Crippen LogP contribution in [0, 0.1) is 0 Å². The van der Waals surface area contributed by atoms with E-state index >= 15 is 0 Å². The molecule has 3 aromatic heterocycles. The monoisotopic (exact) mass is 361 g/mol. The van der Waals surface area contributed by atoms with Crippen LogP contribution >= 0.6 is 11.3 Å². The Bertz CT molecular complexity index is 1050. The second kappa shape index (κ2) is 6.21. The third-order valence-corrected chi connectivity index (χ3v) is 6.01. The van der Waals surface area contributed by atoms with Crippen molar-refractivity contribution in [1.82, 2.24) is 19.5 Å². The van der Waals surface area contributed by atoms with Gasteiger partial charge in [-0.2, -0.15) is 0 Å². The Balaban J connectivity index is 1.42. The number of hydrogen-bond donors (Lipinski definition) is 1. The average Bonchev–Trinajstić information content (AvgIpc) is 3.41. The van der Waals surface area contributed by atoms with Gasteiger partial charge >= 0.3 is 0 Å². The zero-order valence-electron chi connectivity index (χ0n) is 14.2. The molecule has 1 aromatic carbocycles. The number of nitrogens with two attached hydrogens (primary N) is 1. The maximum Gasteiger partial charge on any atom is 0.145 e. The number of thiazole rings is 1. The largest absolute Gasteiger partial charge is 0.383 e. The van der Waals surface area contributed by atoms with E-state index in [0.717, 1.165) is 29.6 Å². The number of benzene rings is 1. The molecule has 1 fully saturated rings. The van der Waals surface area contributed by atoms with Crippen molar-refractivity contribution in [3.63, 3.8) is 0 Å². The molecule has 2 unspecified atom stereocenters. The van der Waals surface area contributed by atoms with Gasteiger partial charge in [0.2, 0.25) is 0 Å². The van der Waals surface area contributed by atoms with Crippen molar-refractivity contribution in [3.05, 3.63) is 59.3 Å². The first-order valence-corrected chi connectivity index (χ1v) is 9.79. The summed E-state index contributed by atoms with van der Waals surface area (Å²) >= 11 is 1.64. The van der Waals surface area contributed by atoms with Crippen molar-refractivity contribution in [1.29, 1.82) is 0 Å². The van der Waals surface area contributed by atoms with Crippen molar-refractivity contribution in [3.8, 4) is 11.3 Å². The molecule has 0 saturated heterocycles. The Morgan fingerprint density at radius 2 is 2.08 bits per heavy atom. The molecular weight excluding hydrogens is 342 g/mol. The van der Waals surface area contributed by atoms with Crippen molar-refractivity contribution < 1.29 is 0 Å². The SMILES string of the molecule is Nc1ncnc2c1ccn2C1CCC(c2cccc(-c3cscn3)c2)C1. The number of fused-ring (bicyclic) bond motifs is 1. The second-order valence-corrected chi connectivity index (χ2v) is 7.60. The highest BCUT2D eigenvalue weighted by Crippen LogP contribution is 2.42. The van der Waals surface area contributed by atoms with Gasteiger partial charge in [0.05, 0.1) is 16.6 Å². The van der Waals surface area contributed by atoms with E-state index < -0.39 is 0 Å². The maximum atomic E-state index is 5.98. The van der Waals surface area contributed by atoms with E-state index in [2.05, 4.69) is 55.4 Å². The lowest BCUT2D eigenvalue weighted by atomic mass is 9.95. The van der Waals surface area contributed by atoms with Crippen LogP contribution in [0.4, 0.5) is 5.82 Å². The average molecular weight is 361 g/mol. The molecule has 26 heavy (non-hydrogen) atoms. The van der Waals surface area contributed by atoms with Crippen LogP contribution in [0.5, 0.6) is 0 Å². The Labute approximate surface area is 155 Å². The minimum atomic E-state index is 0.453. The standard InChI is InChI=1S/C20H19N5S/c21-19-17-6-7-25(20(17)23-11-22-19)16-5-4-14(9-16)13-2-1-3-15(8-13)18-10-26-12-24-18/h1-3,6-8,10-12,14,16H,4-5,9H2,(H2,21,22,23). The highest BCUT2D eigenvalue weighted by atomic mass is 32.1. The van der Waals surface area contributed by atoms with E-state index in [1.807, 2.05) is 11.6 Å². The first-order valence-electron chi connectivity index (χ1n) is 8.85. The summed E-state index contributed by atoms with van der Waals surface area (Å²) in [4.78, 5) is 13.0. The minimum Gasteiger partial charge on any atom is -0.383 e. The molecule has 5 nitrogen and oxygen atoms in total. The first-order chi connectivity index (χ1) is 12.8. The van der Waals surface area contributed by atoms with Gasteiger partial charge in [-0.3, -0.25) is 0 Å². The topological polar surface area (TPSA) is 69.6 Å². The van der Waals surface area contributed by atoms with Gasteiger partial charge in [0, 0.05) is 23.2 Å². The van der Waals surface area contributed by atoms with E-state index in [1.165, 1.54) is 17.5 Å². The predicted molar refractivity (Wildman–Crippen MR) is 105 cm³/mol. The highest BCUT2D eigenvalue weighted by Gasteiger charge is 2.28. The molecule has 3 heterocycles. The van der Waals surface area contributed by atoms with E-state index in [-0.39, 0.29) is 0 Å². The van der Waals surface area contributed by atoms with Gasteiger partial charge in [-0.1, -0.05) is 18.2 Å². The molecule has 1 aliphatic rings. The maximum absolute atomic E-state index is 5.98. The fourth-order valence-corrected chi connectivity index (χ4v) is 4.67. The van der Waals surface area contributed by atoms with Crippen LogP contribution in [0.2, 0.25) is 0 Å². The smallest absolute Gasteiger partial charge is 0.145 e. The molecule has 0 spiro atoms. The van der Waals surface area contributed by atoms with Crippen molar-refractivity contribution >= 4 is 28.2 Å².